The first-order valence-corrected chi connectivity index (χ1v) is 7.77. The Morgan fingerprint density at radius 3 is 2.81 bits per heavy atom. The van der Waals surface area contributed by atoms with Gasteiger partial charge in [-0.3, -0.25) is 9.59 Å². The normalized spacial score (nSPS) is 22.0. The van der Waals surface area contributed by atoms with Crippen molar-refractivity contribution in [2.24, 2.45) is 5.92 Å². The summed E-state index contributed by atoms with van der Waals surface area (Å²) in [5.74, 6) is -0.244. The number of hydrogen-bond donors (Lipinski definition) is 2. The SMILES string of the molecule is CC1CCN(C(=O)CNC(=O)c2ccccc2Br)CC1O. The second kappa shape index (κ2) is 7.04. The molecule has 114 valence electrons. The minimum absolute atomic E-state index is 0.0543. The first-order chi connectivity index (χ1) is 9.99. The van der Waals surface area contributed by atoms with Crippen molar-refractivity contribution in [3.05, 3.63) is 34.3 Å². The van der Waals surface area contributed by atoms with E-state index in [0.29, 0.717) is 23.1 Å². The lowest BCUT2D eigenvalue weighted by Crippen LogP contribution is -2.49. The number of likely N-dealkylation sites (tertiary alicyclic amines) is 1. The van der Waals surface area contributed by atoms with Crippen molar-refractivity contribution >= 4 is 27.7 Å². The first kappa shape index (κ1) is 16.0. The number of rotatable bonds is 3. The molecule has 2 N–H and O–H groups in total. The van der Waals surface area contributed by atoms with Crippen LogP contribution >= 0.6 is 15.9 Å². The minimum atomic E-state index is -0.485. The quantitative estimate of drug-likeness (QED) is 0.862. The molecule has 1 aromatic rings. The molecule has 0 aliphatic carbocycles. The summed E-state index contributed by atoms with van der Waals surface area (Å²) in [7, 11) is 0. The average molecular weight is 355 g/mol. The number of nitrogens with zero attached hydrogens (tertiary/aromatic N) is 1. The zero-order valence-electron chi connectivity index (χ0n) is 11.9. The largest absolute Gasteiger partial charge is 0.391 e. The van der Waals surface area contributed by atoms with Crippen molar-refractivity contribution < 1.29 is 14.7 Å². The summed E-state index contributed by atoms with van der Waals surface area (Å²) in [4.78, 5) is 25.7. The number of nitrogens with one attached hydrogen (secondary N) is 1. The van der Waals surface area contributed by atoms with E-state index in [1.807, 2.05) is 13.0 Å². The van der Waals surface area contributed by atoms with Gasteiger partial charge < -0.3 is 15.3 Å². The summed E-state index contributed by atoms with van der Waals surface area (Å²) in [5, 5.41) is 12.4. The minimum Gasteiger partial charge on any atom is -0.391 e. The molecule has 1 fully saturated rings. The van der Waals surface area contributed by atoms with E-state index in [0.717, 1.165) is 6.42 Å². The zero-order valence-corrected chi connectivity index (χ0v) is 13.5. The Morgan fingerprint density at radius 1 is 1.43 bits per heavy atom. The van der Waals surface area contributed by atoms with Crippen LogP contribution in [0.5, 0.6) is 0 Å². The van der Waals surface area contributed by atoms with Gasteiger partial charge in [0.2, 0.25) is 5.91 Å². The van der Waals surface area contributed by atoms with E-state index in [9.17, 15) is 14.7 Å². The molecule has 0 spiro atoms. The monoisotopic (exact) mass is 354 g/mol. The molecule has 5 nitrogen and oxygen atoms in total. The number of aliphatic hydroxyl groups is 1. The van der Waals surface area contributed by atoms with Crippen molar-refractivity contribution in [3.63, 3.8) is 0 Å². The number of halogens is 1. The Balaban J connectivity index is 1.87. The summed E-state index contributed by atoms with van der Waals surface area (Å²) in [5.41, 5.74) is 0.498. The maximum Gasteiger partial charge on any atom is 0.252 e. The summed E-state index contributed by atoms with van der Waals surface area (Å²) >= 11 is 3.31. The lowest BCUT2D eigenvalue weighted by molar-refractivity contribution is -0.134. The lowest BCUT2D eigenvalue weighted by atomic mass is 9.96. The third-order valence-electron chi connectivity index (χ3n) is 3.79. The van der Waals surface area contributed by atoms with Gasteiger partial charge >= 0.3 is 0 Å². The smallest absolute Gasteiger partial charge is 0.252 e. The van der Waals surface area contributed by atoms with E-state index in [2.05, 4.69) is 21.2 Å². The van der Waals surface area contributed by atoms with Crippen molar-refractivity contribution in [1.82, 2.24) is 10.2 Å². The molecule has 1 aromatic carbocycles. The van der Waals surface area contributed by atoms with E-state index in [1.165, 1.54) is 0 Å². The van der Waals surface area contributed by atoms with Gasteiger partial charge in [0.05, 0.1) is 18.2 Å². The van der Waals surface area contributed by atoms with Crippen LogP contribution in [0.1, 0.15) is 23.7 Å². The Morgan fingerprint density at radius 2 is 2.14 bits per heavy atom. The predicted octanol–water partition coefficient (Wildman–Crippen LogP) is 1.41. The molecule has 1 heterocycles. The molecule has 2 unspecified atom stereocenters. The van der Waals surface area contributed by atoms with Crippen molar-refractivity contribution in [1.29, 1.82) is 0 Å². The van der Waals surface area contributed by atoms with Crippen molar-refractivity contribution in [3.8, 4) is 0 Å². The van der Waals surface area contributed by atoms with Crippen LogP contribution in [0.2, 0.25) is 0 Å². The molecular formula is C15H19BrN2O3. The molecule has 21 heavy (non-hydrogen) atoms. The van der Waals surface area contributed by atoms with Crippen molar-refractivity contribution in [2.45, 2.75) is 19.4 Å². The zero-order chi connectivity index (χ0) is 15.4. The molecule has 0 aromatic heterocycles. The molecule has 2 amide bonds. The molecule has 1 saturated heterocycles. The summed E-state index contributed by atoms with van der Waals surface area (Å²) in [6.07, 6.45) is 0.298. The predicted molar refractivity (Wildman–Crippen MR) is 82.8 cm³/mol. The lowest BCUT2D eigenvalue weighted by Gasteiger charge is -2.34. The number of amides is 2. The molecule has 0 bridgehead atoms. The number of carbonyl (C=O) groups is 2. The maximum atomic E-state index is 12.1. The van der Waals surface area contributed by atoms with Crippen LogP contribution in [0, 0.1) is 5.92 Å². The molecule has 1 aliphatic rings. The third-order valence-corrected chi connectivity index (χ3v) is 4.48. The van der Waals surface area contributed by atoms with Crippen molar-refractivity contribution in [2.75, 3.05) is 19.6 Å². The van der Waals surface area contributed by atoms with Gasteiger partial charge in [0, 0.05) is 17.6 Å². The number of benzene rings is 1. The number of hydrogen-bond acceptors (Lipinski definition) is 3. The van der Waals surface area contributed by atoms with Crippen LogP contribution in [0.15, 0.2) is 28.7 Å². The molecule has 0 saturated carbocycles. The molecule has 2 atom stereocenters. The van der Waals surface area contributed by atoms with Crippen LogP contribution in [0.4, 0.5) is 0 Å². The van der Waals surface area contributed by atoms with Crippen LogP contribution in [0.3, 0.4) is 0 Å². The third kappa shape index (κ3) is 4.04. The van der Waals surface area contributed by atoms with E-state index in [4.69, 9.17) is 0 Å². The van der Waals surface area contributed by atoms with E-state index in [1.54, 1.807) is 23.1 Å². The highest BCUT2D eigenvalue weighted by molar-refractivity contribution is 9.10. The number of piperidine rings is 1. The number of aliphatic hydroxyl groups excluding tert-OH is 1. The number of carbonyl (C=O) groups excluding carboxylic acids is 2. The fourth-order valence-electron chi connectivity index (χ4n) is 2.28. The first-order valence-electron chi connectivity index (χ1n) is 6.97. The molecule has 0 radical (unpaired) electrons. The molecule has 6 heteroatoms. The average Bonchev–Trinajstić information content (AvgIpc) is 2.47. The molecular weight excluding hydrogens is 336 g/mol. The fourth-order valence-corrected chi connectivity index (χ4v) is 2.75. The van der Waals surface area contributed by atoms with Gasteiger partial charge in [-0.1, -0.05) is 19.1 Å². The maximum absolute atomic E-state index is 12.1. The summed E-state index contributed by atoms with van der Waals surface area (Å²) in [6.45, 7) is 2.88. The van der Waals surface area contributed by atoms with Gasteiger partial charge in [0.25, 0.3) is 5.91 Å². The Hall–Kier alpha value is -1.40. The molecule has 1 aliphatic heterocycles. The van der Waals surface area contributed by atoms with Gasteiger partial charge in [-0.15, -0.1) is 0 Å². The van der Waals surface area contributed by atoms with Crippen LogP contribution in [-0.2, 0) is 4.79 Å². The second-order valence-electron chi connectivity index (χ2n) is 5.34. The standard InChI is InChI=1S/C15H19BrN2O3/c1-10-6-7-18(9-13(10)19)14(20)8-17-15(21)11-4-2-3-5-12(11)16/h2-5,10,13,19H,6-9H2,1H3,(H,17,21). The molecule has 2 rings (SSSR count). The number of β-amino-alcohol motifs (C(OH)–C–C–N with tert-alkyl or cyclic N) is 1. The summed E-state index contributed by atoms with van der Waals surface area (Å²) < 4.78 is 0.692. The van der Waals surface area contributed by atoms with Gasteiger partial charge in [-0.25, -0.2) is 0 Å². The Kier molecular flexibility index (Phi) is 5.36. The van der Waals surface area contributed by atoms with Gasteiger partial charge in [-0.2, -0.15) is 0 Å². The van der Waals surface area contributed by atoms with Gasteiger partial charge in [0.15, 0.2) is 0 Å². The van der Waals surface area contributed by atoms with Crippen LogP contribution in [-0.4, -0.2) is 47.6 Å². The van der Waals surface area contributed by atoms with E-state index >= 15 is 0 Å². The van der Waals surface area contributed by atoms with E-state index in [-0.39, 0.29) is 24.3 Å². The Labute approximate surface area is 132 Å². The van der Waals surface area contributed by atoms with Gasteiger partial charge in [0.1, 0.15) is 0 Å². The Bertz CT molecular complexity index is 535. The second-order valence-corrected chi connectivity index (χ2v) is 6.19. The van der Waals surface area contributed by atoms with Gasteiger partial charge in [-0.05, 0) is 40.4 Å². The van der Waals surface area contributed by atoms with E-state index < -0.39 is 6.10 Å². The topological polar surface area (TPSA) is 69.6 Å². The highest BCUT2D eigenvalue weighted by Gasteiger charge is 2.27. The fraction of sp³-hybridized carbons (Fsp3) is 0.467. The summed E-state index contributed by atoms with van der Waals surface area (Å²) in [6, 6.07) is 7.06. The van der Waals surface area contributed by atoms with Crippen LogP contribution in [0.25, 0.3) is 0 Å². The highest BCUT2D eigenvalue weighted by Crippen LogP contribution is 2.17. The van der Waals surface area contributed by atoms with Crippen LogP contribution < -0.4 is 5.32 Å². The highest BCUT2D eigenvalue weighted by atomic mass is 79.9.